The highest BCUT2D eigenvalue weighted by Gasteiger charge is 2.15. The van der Waals surface area contributed by atoms with Gasteiger partial charge in [0.25, 0.3) is 5.91 Å². The number of aromatic carboxylic acids is 1. The van der Waals surface area contributed by atoms with Crippen molar-refractivity contribution in [3.63, 3.8) is 0 Å². The smallest absolute Gasteiger partial charge is 0.336 e. The molecule has 0 aromatic heterocycles. The van der Waals surface area contributed by atoms with E-state index >= 15 is 0 Å². The van der Waals surface area contributed by atoms with E-state index in [-0.39, 0.29) is 11.1 Å². The van der Waals surface area contributed by atoms with Gasteiger partial charge in [0.1, 0.15) is 0 Å². The molecule has 136 valence electrons. The second-order valence-electron chi connectivity index (χ2n) is 6.13. The number of nitrogens with one attached hydrogen (secondary N) is 2. The van der Waals surface area contributed by atoms with Crippen LogP contribution in [0.15, 0.2) is 72.8 Å². The number of amides is 1. The highest BCUT2D eigenvalue weighted by atomic mass is 16.4. The number of hydrogen-bond acceptors (Lipinski definition) is 3. The molecule has 0 bridgehead atoms. The molecule has 3 rings (SSSR count). The molecule has 1 amide bonds. The van der Waals surface area contributed by atoms with Gasteiger partial charge in [0.05, 0.1) is 11.1 Å². The number of hydrogen-bond donors (Lipinski definition) is 3. The number of carbonyl (C=O) groups is 2. The number of carboxylic acid groups (broad SMARTS) is 1. The van der Waals surface area contributed by atoms with Gasteiger partial charge in [-0.2, -0.15) is 0 Å². The maximum absolute atomic E-state index is 12.4. The predicted octanol–water partition coefficient (Wildman–Crippen LogP) is 4.27. The van der Waals surface area contributed by atoms with Crippen LogP contribution in [0.3, 0.4) is 0 Å². The van der Waals surface area contributed by atoms with Gasteiger partial charge in [-0.3, -0.25) is 4.79 Å². The fraction of sp³-hybridized carbons (Fsp3) is 0.0909. The molecule has 0 aliphatic carbocycles. The number of rotatable bonds is 6. The van der Waals surface area contributed by atoms with Crippen molar-refractivity contribution in [3.8, 4) is 0 Å². The fourth-order valence-corrected chi connectivity index (χ4v) is 2.80. The molecular formula is C22H20N2O3. The summed E-state index contributed by atoms with van der Waals surface area (Å²) in [7, 11) is 1.89. The van der Waals surface area contributed by atoms with Crippen molar-refractivity contribution in [2.24, 2.45) is 0 Å². The Morgan fingerprint density at radius 3 is 1.81 bits per heavy atom. The van der Waals surface area contributed by atoms with Crippen molar-refractivity contribution in [1.29, 1.82) is 0 Å². The zero-order chi connectivity index (χ0) is 19.2. The summed E-state index contributed by atoms with van der Waals surface area (Å²) in [5.41, 5.74) is 4.13. The molecule has 3 aromatic carbocycles. The molecule has 0 saturated heterocycles. The third-order valence-electron chi connectivity index (χ3n) is 4.26. The van der Waals surface area contributed by atoms with E-state index < -0.39 is 11.9 Å². The molecule has 0 spiro atoms. The quantitative estimate of drug-likeness (QED) is 0.613. The lowest BCUT2D eigenvalue weighted by Crippen LogP contribution is -2.16. The van der Waals surface area contributed by atoms with Gasteiger partial charge in [-0.15, -0.1) is 0 Å². The van der Waals surface area contributed by atoms with Crippen LogP contribution in [0.1, 0.15) is 31.8 Å². The molecule has 0 radical (unpaired) electrons. The average molecular weight is 360 g/mol. The van der Waals surface area contributed by atoms with E-state index in [1.165, 1.54) is 17.7 Å². The first-order valence-electron chi connectivity index (χ1n) is 8.56. The van der Waals surface area contributed by atoms with E-state index in [1.807, 2.05) is 43.4 Å². The standard InChI is InChI=1S/C22H20N2O3/c1-23-17-10-6-15(7-11-17)14-16-8-12-18(13-9-16)24-21(25)19-4-2-3-5-20(19)22(26)27/h2-13,23H,14H2,1H3,(H,24,25)(H,26,27). The minimum atomic E-state index is -1.12. The normalized spacial score (nSPS) is 10.3. The van der Waals surface area contributed by atoms with Crippen LogP contribution in [0.2, 0.25) is 0 Å². The summed E-state index contributed by atoms with van der Waals surface area (Å²) in [5, 5.41) is 15.0. The molecule has 5 nitrogen and oxygen atoms in total. The Labute approximate surface area is 157 Å². The third kappa shape index (κ3) is 4.52. The van der Waals surface area contributed by atoms with Crippen LogP contribution < -0.4 is 10.6 Å². The third-order valence-corrected chi connectivity index (χ3v) is 4.26. The molecule has 0 saturated carbocycles. The van der Waals surface area contributed by atoms with Gasteiger partial charge >= 0.3 is 5.97 Å². The van der Waals surface area contributed by atoms with Crippen LogP contribution >= 0.6 is 0 Å². The van der Waals surface area contributed by atoms with E-state index in [1.54, 1.807) is 12.1 Å². The van der Waals surface area contributed by atoms with Gasteiger partial charge in [0, 0.05) is 18.4 Å². The molecule has 0 aliphatic rings. The van der Waals surface area contributed by atoms with E-state index in [9.17, 15) is 14.7 Å². The molecule has 3 aromatic rings. The lowest BCUT2D eigenvalue weighted by atomic mass is 10.0. The van der Waals surface area contributed by atoms with E-state index in [4.69, 9.17) is 0 Å². The molecular weight excluding hydrogens is 340 g/mol. The van der Waals surface area contributed by atoms with Crippen LogP contribution in [0.4, 0.5) is 11.4 Å². The Hall–Kier alpha value is -3.60. The van der Waals surface area contributed by atoms with Crippen LogP contribution in [0.5, 0.6) is 0 Å². The van der Waals surface area contributed by atoms with Gasteiger partial charge in [-0.25, -0.2) is 4.79 Å². The SMILES string of the molecule is CNc1ccc(Cc2ccc(NC(=O)c3ccccc3C(=O)O)cc2)cc1. The molecule has 5 heteroatoms. The summed E-state index contributed by atoms with van der Waals surface area (Å²) in [6.45, 7) is 0. The van der Waals surface area contributed by atoms with Crippen molar-refractivity contribution in [2.45, 2.75) is 6.42 Å². The number of carboxylic acids is 1. The second kappa shape index (κ2) is 8.19. The van der Waals surface area contributed by atoms with Crippen molar-refractivity contribution < 1.29 is 14.7 Å². The van der Waals surface area contributed by atoms with Crippen molar-refractivity contribution in [3.05, 3.63) is 95.1 Å². The summed E-state index contributed by atoms with van der Waals surface area (Å²) in [5.74, 6) is -1.57. The summed E-state index contributed by atoms with van der Waals surface area (Å²) < 4.78 is 0. The second-order valence-corrected chi connectivity index (χ2v) is 6.13. The first-order valence-corrected chi connectivity index (χ1v) is 8.56. The Morgan fingerprint density at radius 2 is 1.30 bits per heavy atom. The fourth-order valence-electron chi connectivity index (χ4n) is 2.80. The highest BCUT2D eigenvalue weighted by Crippen LogP contribution is 2.17. The molecule has 0 atom stereocenters. The first-order chi connectivity index (χ1) is 13.1. The van der Waals surface area contributed by atoms with Gasteiger partial charge < -0.3 is 15.7 Å². The number of carbonyl (C=O) groups excluding carboxylic acids is 1. The van der Waals surface area contributed by atoms with Crippen molar-refractivity contribution in [2.75, 3.05) is 17.7 Å². The lowest BCUT2D eigenvalue weighted by Gasteiger charge is -2.09. The molecule has 0 aliphatic heterocycles. The summed E-state index contributed by atoms with van der Waals surface area (Å²) in [6, 6.07) is 21.9. The largest absolute Gasteiger partial charge is 0.478 e. The minimum absolute atomic E-state index is 0.0170. The van der Waals surface area contributed by atoms with E-state index in [2.05, 4.69) is 22.8 Å². The Balaban J connectivity index is 1.68. The maximum atomic E-state index is 12.4. The van der Waals surface area contributed by atoms with E-state index in [0.29, 0.717) is 5.69 Å². The van der Waals surface area contributed by atoms with Crippen LogP contribution in [0, 0.1) is 0 Å². The van der Waals surface area contributed by atoms with Crippen molar-refractivity contribution in [1.82, 2.24) is 0 Å². The topological polar surface area (TPSA) is 78.4 Å². The summed E-state index contributed by atoms with van der Waals surface area (Å²) in [6.07, 6.45) is 0.792. The molecule has 0 heterocycles. The van der Waals surface area contributed by atoms with Crippen LogP contribution in [-0.2, 0) is 6.42 Å². The predicted molar refractivity (Wildman–Crippen MR) is 107 cm³/mol. The summed E-state index contributed by atoms with van der Waals surface area (Å²) >= 11 is 0. The molecule has 3 N–H and O–H groups in total. The highest BCUT2D eigenvalue weighted by molar-refractivity contribution is 6.10. The Kier molecular flexibility index (Phi) is 5.52. The first kappa shape index (κ1) is 18.2. The Bertz CT molecular complexity index is 948. The minimum Gasteiger partial charge on any atom is -0.478 e. The number of benzene rings is 3. The van der Waals surface area contributed by atoms with Crippen LogP contribution in [0.25, 0.3) is 0 Å². The van der Waals surface area contributed by atoms with E-state index in [0.717, 1.165) is 17.7 Å². The van der Waals surface area contributed by atoms with Gasteiger partial charge in [0.2, 0.25) is 0 Å². The molecule has 27 heavy (non-hydrogen) atoms. The average Bonchev–Trinajstić information content (AvgIpc) is 2.70. The monoisotopic (exact) mass is 360 g/mol. The van der Waals surface area contributed by atoms with Gasteiger partial charge in [-0.1, -0.05) is 36.4 Å². The molecule has 0 unspecified atom stereocenters. The maximum Gasteiger partial charge on any atom is 0.336 e. The van der Waals surface area contributed by atoms with Crippen LogP contribution in [-0.4, -0.2) is 24.0 Å². The number of anilines is 2. The Morgan fingerprint density at radius 1 is 0.778 bits per heavy atom. The zero-order valence-corrected chi connectivity index (χ0v) is 14.9. The van der Waals surface area contributed by atoms with Gasteiger partial charge in [0.15, 0.2) is 0 Å². The van der Waals surface area contributed by atoms with Gasteiger partial charge in [-0.05, 0) is 53.9 Å². The summed E-state index contributed by atoms with van der Waals surface area (Å²) in [4.78, 5) is 23.6. The lowest BCUT2D eigenvalue weighted by molar-refractivity contribution is 0.0692. The zero-order valence-electron chi connectivity index (χ0n) is 14.9. The van der Waals surface area contributed by atoms with Crippen molar-refractivity contribution >= 4 is 23.3 Å². The molecule has 0 fully saturated rings.